The van der Waals surface area contributed by atoms with E-state index in [1.807, 2.05) is 26.1 Å². The van der Waals surface area contributed by atoms with Crippen LogP contribution in [0.1, 0.15) is 23.1 Å². The van der Waals surface area contributed by atoms with Crippen molar-refractivity contribution in [1.29, 1.82) is 0 Å². The van der Waals surface area contributed by atoms with Gasteiger partial charge >= 0.3 is 0 Å². The molecule has 0 aromatic carbocycles. The average molecular weight is 338 g/mol. The van der Waals surface area contributed by atoms with Crippen LogP contribution in [0.2, 0.25) is 0 Å². The molecule has 0 amide bonds. The average Bonchev–Trinajstić information content (AvgIpc) is 3.11. The van der Waals surface area contributed by atoms with Crippen LogP contribution < -0.4 is 0 Å². The third-order valence-corrected chi connectivity index (χ3v) is 3.33. The van der Waals surface area contributed by atoms with Gasteiger partial charge in [0, 0.05) is 11.5 Å². The smallest absolute Gasteiger partial charge is 0.251 e. The first-order valence-corrected chi connectivity index (χ1v) is 7.12. The van der Waals surface area contributed by atoms with E-state index in [-0.39, 0.29) is 0 Å². The summed E-state index contributed by atoms with van der Waals surface area (Å²) in [6.45, 7) is 4.14. The van der Waals surface area contributed by atoms with Gasteiger partial charge in [-0.2, -0.15) is 0 Å². The van der Waals surface area contributed by atoms with Gasteiger partial charge in [-0.05, 0) is 19.9 Å². The minimum atomic E-state index is 0.392. The van der Waals surface area contributed by atoms with Crippen LogP contribution >= 0.6 is 15.9 Å². The first-order valence-electron chi connectivity index (χ1n) is 6.00. The lowest BCUT2D eigenvalue weighted by Crippen LogP contribution is -2.00. The Kier molecular flexibility index (Phi) is 3.39. The monoisotopic (exact) mass is 337 g/mol. The van der Waals surface area contributed by atoms with Crippen molar-refractivity contribution in [3.63, 3.8) is 0 Å². The second-order valence-electron chi connectivity index (χ2n) is 4.37. The number of aromatic nitrogens is 5. The molecule has 8 heteroatoms. The van der Waals surface area contributed by atoms with Gasteiger partial charge < -0.3 is 8.83 Å². The molecule has 3 heterocycles. The van der Waals surface area contributed by atoms with Crippen molar-refractivity contribution in [2.45, 2.75) is 25.7 Å². The highest BCUT2D eigenvalue weighted by Gasteiger charge is 2.15. The van der Waals surface area contributed by atoms with Gasteiger partial charge in [-0.25, -0.2) is 4.68 Å². The molecule has 0 unspecified atom stereocenters. The lowest BCUT2D eigenvalue weighted by Gasteiger charge is -1.93. The summed E-state index contributed by atoms with van der Waals surface area (Å²) in [5.74, 6) is 2.51. The summed E-state index contributed by atoms with van der Waals surface area (Å²) in [5, 5.41) is 16.7. The molecule has 0 atom stereocenters. The number of aryl methyl sites for hydroxylation is 2. The van der Waals surface area contributed by atoms with Gasteiger partial charge in [-0.3, -0.25) is 0 Å². The Labute approximate surface area is 123 Å². The number of nitrogens with zero attached hydrogens (tertiary/aromatic N) is 5. The third-order valence-electron chi connectivity index (χ3n) is 2.76. The van der Waals surface area contributed by atoms with Gasteiger partial charge in [0.05, 0.1) is 11.3 Å². The van der Waals surface area contributed by atoms with Gasteiger partial charge in [-0.1, -0.05) is 21.1 Å². The van der Waals surface area contributed by atoms with Crippen molar-refractivity contribution < 1.29 is 8.83 Å². The molecule has 0 aliphatic carbocycles. The summed E-state index contributed by atoms with van der Waals surface area (Å²) in [4.78, 5) is 0. The maximum atomic E-state index is 5.63. The van der Waals surface area contributed by atoms with E-state index in [2.05, 4.69) is 36.4 Å². The summed E-state index contributed by atoms with van der Waals surface area (Å²) < 4.78 is 12.7. The molecule has 0 fully saturated rings. The summed E-state index contributed by atoms with van der Waals surface area (Å²) in [5.41, 5.74) is 1.67. The van der Waals surface area contributed by atoms with Crippen molar-refractivity contribution in [2.24, 2.45) is 0 Å². The molecule has 0 saturated heterocycles. The zero-order chi connectivity index (χ0) is 14.1. The van der Waals surface area contributed by atoms with E-state index < -0.39 is 0 Å². The minimum Gasteiger partial charge on any atom is -0.466 e. The minimum absolute atomic E-state index is 0.392. The molecule has 0 saturated carbocycles. The number of hydrogen-bond acceptors (Lipinski definition) is 6. The van der Waals surface area contributed by atoms with E-state index in [0.29, 0.717) is 23.7 Å². The number of furan rings is 1. The molecule has 0 spiro atoms. The molecule has 3 rings (SSSR count). The van der Waals surface area contributed by atoms with Gasteiger partial charge in [0.25, 0.3) is 5.89 Å². The predicted molar refractivity (Wildman–Crippen MR) is 73.2 cm³/mol. The van der Waals surface area contributed by atoms with Crippen LogP contribution in [0, 0.1) is 13.8 Å². The Morgan fingerprint density at radius 3 is 2.70 bits per heavy atom. The largest absolute Gasteiger partial charge is 0.466 e. The molecule has 7 nitrogen and oxygen atoms in total. The second kappa shape index (κ2) is 5.20. The Balaban J connectivity index is 1.81. The highest BCUT2D eigenvalue weighted by Crippen LogP contribution is 2.25. The van der Waals surface area contributed by atoms with Crippen LogP contribution in [-0.2, 0) is 11.9 Å². The lowest BCUT2D eigenvalue weighted by atomic mass is 10.2. The highest BCUT2D eigenvalue weighted by atomic mass is 79.9. The fourth-order valence-corrected chi connectivity index (χ4v) is 2.14. The van der Waals surface area contributed by atoms with E-state index in [4.69, 9.17) is 8.83 Å². The van der Waals surface area contributed by atoms with Gasteiger partial charge in [0.1, 0.15) is 18.1 Å². The van der Waals surface area contributed by atoms with Gasteiger partial charge in [-0.15, -0.1) is 15.3 Å². The summed E-state index contributed by atoms with van der Waals surface area (Å²) >= 11 is 3.32. The lowest BCUT2D eigenvalue weighted by molar-refractivity contribution is 0.466. The van der Waals surface area contributed by atoms with Crippen LogP contribution in [0.5, 0.6) is 0 Å². The van der Waals surface area contributed by atoms with Crippen molar-refractivity contribution in [3.8, 4) is 11.5 Å². The molecule has 0 radical (unpaired) electrons. The van der Waals surface area contributed by atoms with Crippen LogP contribution in [0.4, 0.5) is 0 Å². The van der Waals surface area contributed by atoms with Gasteiger partial charge in [0.2, 0.25) is 5.89 Å². The maximum absolute atomic E-state index is 5.63. The Bertz CT molecular complexity index is 730. The van der Waals surface area contributed by atoms with E-state index >= 15 is 0 Å². The zero-order valence-corrected chi connectivity index (χ0v) is 12.6. The number of halogens is 1. The van der Waals surface area contributed by atoms with Crippen LogP contribution in [0.25, 0.3) is 11.5 Å². The van der Waals surface area contributed by atoms with Crippen molar-refractivity contribution in [1.82, 2.24) is 25.2 Å². The first-order chi connectivity index (χ1) is 9.65. The molecule has 0 aliphatic rings. The quantitative estimate of drug-likeness (QED) is 0.680. The third kappa shape index (κ3) is 2.51. The standard InChI is InChI=1S/C12H12BrN5O2/c1-7-3-10(8(2)19-7)12-16-15-11(20-12)6-18-5-9(4-13)14-17-18/h3,5H,4,6H2,1-2H3. The molecule has 0 aliphatic heterocycles. The maximum Gasteiger partial charge on any atom is 0.251 e. The van der Waals surface area contributed by atoms with Crippen LogP contribution in [0.3, 0.4) is 0 Å². The fourth-order valence-electron chi connectivity index (χ4n) is 1.89. The topological polar surface area (TPSA) is 82.8 Å². The number of rotatable bonds is 4. The van der Waals surface area contributed by atoms with Crippen LogP contribution in [0.15, 0.2) is 21.1 Å². The SMILES string of the molecule is Cc1cc(-c2nnc(Cn3cc(CBr)nn3)o2)c(C)o1. The van der Waals surface area contributed by atoms with Crippen molar-refractivity contribution in [2.75, 3.05) is 0 Å². The zero-order valence-electron chi connectivity index (χ0n) is 11.0. The summed E-state index contributed by atoms with van der Waals surface area (Å²) in [6, 6.07) is 1.88. The van der Waals surface area contributed by atoms with Crippen LogP contribution in [-0.4, -0.2) is 25.2 Å². The first kappa shape index (κ1) is 13.0. The normalized spacial score (nSPS) is 11.2. The van der Waals surface area contributed by atoms with Crippen molar-refractivity contribution >= 4 is 15.9 Å². The molecule has 3 aromatic heterocycles. The Morgan fingerprint density at radius 1 is 1.20 bits per heavy atom. The molecule has 20 heavy (non-hydrogen) atoms. The predicted octanol–water partition coefficient (Wildman–Crippen LogP) is 2.48. The Hall–Kier alpha value is -1.96. The molecular formula is C12H12BrN5O2. The van der Waals surface area contributed by atoms with E-state index in [1.165, 1.54) is 0 Å². The van der Waals surface area contributed by atoms with Gasteiger partial charge in [0.15, 0.2) is 0 Å². The van der Waals surface area contributed by atoms with E-state index in [1.54, 1.807) is 4.68 Å². The summed E-state index contributed by atoms with van der Waals surface area (Å²) in [6.07, 6.45) is 1.83. The second-order valence-corrected chi connectivity index (χ2v) is 4.93. The molecule has 0 bridgehead atoms. The number of hydrogen-bond donors (Lipinski definition) is 0. The Morgan fingerprint density at radius 2 is 2.05 bits per heavy atom. The van der Waals surface area contributed by atoms with E-state index in [0.717, 1.165) is 22.8 Å². The summed E-state index contributed by atoms with van der Waals surface area (Å²) in [7, 11) is 0. The molecular weight excluding hydrogens is 326 g/mol. The molecule has 104 valence electrons. The van der Waals surface area contributed by atoms with E-state index in [9.17, 15) is 0 Å². The molecule has 0 N–H and O–H groups in total. The number of alkyl halides is 1. The molecule has 3 aromatic rings. The highest BCUT2D eigenvalue weighted by molar-refractivity contribution is 9.08. The van der Waals surface area contributed by atoms with Crippen molar-refractivity contribution in [3.05, 3.63) is 35.4 Å². The fraction of sp³-hybridized carbons (Fsp3) is 0.333.